The Kier molecular flexibility index (Phi) is 6.09. The van der Waals surface area contributed by atoms with Crippen molar-refractivity contribution in [3.05, 3.63) is 34.3 Å². The van der Waals surface area contributed by atoms with Crippen LogP contribution in [0.2, 0.25) is 0 Å². The SMILES string of the molecule is CCC(CC(N)=S)N(C)Cc1cccc(Br)c1. The largest absolute Gasteiger partial charge is 0.393 e. The summed E-state index contributed by atoms with van der Waals surface area (Å²) in [7, 11) is 2.12. The monoisotopic (exact) mass is 314 g/mol. The Morgan fingerprint density at radius 2 is 2.24 bits per heavy atom. The Bertz CT molecular complexity index is 381. The van der Waals surface area contributed by atoms with Crippen LogP contribution in [0.3, 0.4) is 0 Å². The van der Waals surface area contributed by atoms with Crippen molar-refractivity contribution in [3.63, 3.8) is 0 Å². The quantitative estimate of drug-likeness (QED) is 0.817. The van der Waals surface area contributed by atoms with Crippen molar-refractivity contribution in [2.45, 2.75) is 32.4 Å². The summed E-state index contributed by atoms with van der Waals surface area (Å²) in [4.78, 5) is 2.90. The molecule has 1 rings (SSSR count). The van der Waals surface area contributed by atoms with Gasteiger partial charge < -0.3 is 5.73 Å². The van der Waals surface area contributed by atoms with Gasteiger partial charge in [0.2, 0.25) is 0 Å². The number of benzene rings is 1. The smallest absolute Gasteiger partial charge is 0.0743 e. The Balaban J connectivity index is 2.63. The fourth-order valence-electron chi connectivity index (χ4n) is 1.90. The molecule has 0 heterocycles. The molecule has 17 heavy (non-hydrogen) atoms. The van der Waals surface area contributed by atoms with Gasteiger partial charge in [-0.1, -0.05) is 47.2 Å². The molecule has 0 aliphatic carbocycles. The van der Waals surface area contributed by atoms with E-state index in [-0.39, 0.29) is 0 Å². The van der Waals surface area contributed by atoms with Crippen LogP contribution in [0.4, 0.5) is 0 Å². The molecule has 1 unspecified atom stereocenters. The predicted octanol–water partition coefficient (Wildman–Crippen LogP) is 3.34. The molecular formula is C13H19BrN2S. The third-order valence-electron chi connectivity index (χ3n) is 2.85. The molecule has 94 valence electrons. The van der Waals surface area contributed by atoms with Gasteiger partial charge in [0, 0.05) is 23.5 Å². The van der Waals surface area contributed by atoms with Gasteiger partial charge in [0.15, 0.2) is 0 Å². The average molecular weight is 315 g/mol. The van der Waals surface area contributed by atoms with Gasteiger partial charge in [-0.25, -0.2) is 0 Å². The summed E-state index contributed by atoms with van der Waals surface area (Å²) < 4.78 is 1.12. The molecule has 0 saturated heterocycles. The highest BCUT2D eigenvalue weighted by molar-refractivity contribution is 9.10. The molecule has 1 aromatic rings. The molecule has 0 fully saturated rings. The van der Waals surface area contributed by atoms with Crippen molar-refractivity contribution < 1.29 is 0 Å². The highest BCUT2D eigenvalue weighted by Crippen LogP contribution is 2.15. The standard InChI is InChI=1S/C13H19BrN2S/c1-3-12(8-13(15)17)16(2)9-10-5-4-6-11(14)7-10/h4-7,12H,3,8-9H2,1-2H3,(H2,15,17). The second-order valence-electron chi connectivity index (χ2n) is 4.28. The first-order valence-electron chi connectivity index (χ1n) is 5.76. The first kappa shape index (κ1) is 14.6. The minimum Gasteiger partial charge on any atom is -0.393 e. The zero-order valence-corrected chi connectivity index (χ0v) is 12.7. The lowest BCUT2D eigenvalue weighted by molar-refractivity contribution is 0.233. The highest BCUT2D eigenvalue weighted by Gasteiger charge is 2.13. The maximum Gasteiger partial charge on any atom is 0.0743 e. The summed E-state index contributed by atoms with van der Waals surface area (Å²) in [5.74, 6) is 0. The number of halogens is 1. The second-order valence-corrected chi connectivity index (χ2v) is 5.72. The van der Waals surface area contributed by atoms with Gasteiger partial charge >= 0.3 is 0 Å². The van der Waals surface area contributed by atoms with E-state index in [9.17, 15) is 0 Å². The van der Waals surface area contributed by atoms with E-state index in [0.29, 0.717) is 11.0 Å². The summed E-state index contributed by atoms with van der Waals surface area (Å²) in [5, 5.41) is 0. The third-order valence-corrected chi connectivity index (χ3v) is 3.51. The van der Waals surface area contributed by atoms with Crippen LogP contribution in [-0.4, -0.2) is 23.0 Å². The van der Waals surface area contributed by atoms with E-state index in [1.165, 1.54) is 5.56 Å². The van der Waals surface area contributed by atoms with Gasteiger partial charge in [0.25, 0.3) is 0 Å². The van der Waals surface area contributed by atoms with E-state index in [1.54, 1.807) is 0 Å². The third kappa shape index (κ3) is 5.15. The van der Waals surface area contributed by atoms with E-state index < -0.39 is 0 Å². The number of hydrogen-bond donors (Lipinski definition) is 1. The summed E-state index contributed by atoms with van der Waals surface area (Å²) in [5.41, 5.74) is 6.92. The zero-order valence-electron chi connectivity index (χ0n) is 10.3. The van der Waals surface area contributed by atoms with Crippen LogP contribution in [0, 0.1) is 0 Å². The first-order chi connectivity index (χ1) is 8.02. The Labute approximate surface area is 117 Å². The van der Waals surface area contributed by atoms with E-state index in [4.69, 9.17) is 18.0 Å². The van der Waals surface area contributed by atoms with Crippen LogP contribution in [0.25, 0.3) is 0 Å². The number of nitrogens with zero attached hydrogens (tertiary/aromatic N) is 1. The molecule has 0 aromatic heterocycles. The van der Waals surface area contributed by atoms with Crippen molar-refractivity contribution in [2.75, 3.05) is 7.05 Å². The van der Waals surface area contributed by atoms with Gasteiger partial charge in [-0.2, -0.15) is 0 Å². The summed E-state index contributed by atoms with van der Waals surface area (Å²) >= 11 is 8.47. The van der Waals surface area contributed by atoms with Crippen LogP contribution in [-0.2, 0) is 6.54 Å². The Hall–Kier alpha value is -0.450. The van der Waals surface area contributed by atoms with Crippen LogP contribution < -0.4 is 5.73 Å². The number of nitrogens with two attached hydrogens (primary N) is 1. The minimum absolute atomic E-state index is 0.423. The maximum absolute atomic E-state index is 5.62. The number of thiocarbonyl (C=S) groups is 1. The van der Waals surface area contributed by atoms with Crippen LogP contribution in [0.15, 0.2) is 28.7 Å². The van der Waals surface area contributed by atoms with Gasteiger partial charge in [-0.15, -0.1) is 0 Å². The van der Waals surface area contributed by atoms with Crippen molar-refractivity contribution in [1.82, 2.24) is 4.90 Å². The molecule has 2 N–H and O–H groups in total. The molecule has 0 amide bonds. The van der Waals surface area contributed by atoms with Gasteiger partial charge in [0.1, 0.15) is 0 Å². The molecule has 0 aliphatic rings. The fourth-order valence-corrected chi connectivity index (χ4v) is 2.54. The van der Waals surface area contributed by atoms with Gasteiger partial charge in [-0.05, 0) is 31.2 Å². The molecule has 0 saturated carbocycles. The van der Waals surface area contributed by atoms with Crippen molar-refractivity contribution in [2.24, 2.45) is 5.73 Å². The Morgan fingerprint density at radius 3 is 2.76 bits per heavy atom. The molecule has 1 aromatic carbocycles. The molecule has 1 atom stereocenters. The first-order valence-corrected chi connectivity index (χ1v) is 6.96. The topological polar surface area (TPSA) is 29.3 Å². The van der Waals surface area contributed by atoms with Crippen molar-refractivity contribution in [3.8, 4) is 0 Å². The van der Waals surface area contributed by atoms with Crippen molar-refractivity contribution >= 4 is 33.1 Å². The van der Waals surface area contributed by atoms with Crippen molar-refractivity contribution in [1.29, 1.82) is 0 Å². The molecule has 0 aliphatic heterocycles. The molecule has 0 spiro atoms. The van der Waals surface area contributed by atoms with E-state index in [1.807, 2.05) is 6.07 Å². The second kappa shape index (κ2) is 7.09. The van der Waals surface area contributed by atoms with Gasteiger partial charge in [-0.3, -0.25) is 4.90 Å². The molecule has 4 heteroatoms. The Morgan fingerprint density at radius 1 is 1.53 bits per heavy atom. The van der Waals surface area contributed by atoms with Crippen LogP contribution >= 0.6 is 28.1 Å². The van der Waals surface area contributed by atoms with E-state index in [0.717, 1.165) is 23.9 Å². The van der Waals surface area contributed by atoms with Crippen LogP contribution in [0.5, 0.6) is 0 Å². The number of rotatable bonds is 6. The summed E-state index contributed by atoms with van der Waals surface area (Å²) in [6.07, 6.45) is 1.85. The fraction of sp³-hybridized carbons (Fsp3) is 0.462. The van der Waals surface area contributed by atoms with Gasteiger partial charge in [0.05, 0.1) is 4.99 Å². The zero-order chi connectivity index (χ0) is 12.8. The molecular weight excluding hydrogens is 296 g/mol. The molecule has 2 nitrogen and oxygen atoms in total. The summed E-state index contributed by atoms with van der Waals surface area (Å²) in [6.45, 7) is 3.08. The normalized spacial score (nSPS) is 12.7. The average Bonchev–Trinajstić information content (AvgIpc) is 2.25. The lowest BCUT2D eigenvalue weighted by Gasteiger charge is -2.26. The lowest BCUT2D eigenvalue weighted by atomic mass is 10.1. The highest BCUT2D eigenvalue weighted by atomic mass is 79.9. The number of hydrogen-bond acceptors (Lipinski definition) is 2. The summed E-state index contributed by atoms with van der Waals surface area (Å²) in [6, 6.07) is 8.79. The van der Waals surface area contributed by atoms with E-state index in [2.05, 4.69) is 53.0 Å². The predicted molar refractivity (Wildman–Crippen MR) is 81.1 cm³/mol. The van der Waals surface area contributed by atoms with E-state index >= 15 is 0 Å². The minimum atomic E-state index is 0.423. The molecule has 0 radical (unpaired) electrons. The maximum atomic E-state index is 5.62. The lowest BCUT2D eigenvalue weighted by Crippen LogP contribution is -2.34. The molecule has 0 bridgehead atoms. The van der Waals surface area contributed by atoms with Crippen LogP contribution in [0.1, 0.15) is 25.3 Å².